The van der Waals surface area contributed by atoms with Crippen LogP contribution in [0.25, 0.3) is 0 Å². The van der Waals surface area contributed by atoms with Crippen molar-refractivity contribution in [3.05, 3.63) is 0 Å². The van der Waals surface area contributed by atoms with Gasteiger partial charge in [-0.2, -0.15) is 0 Å². The van der Waals surface area contributed by atoms with Crippen molar-refractivity contribution in [3.8, 4) is 0 Å². The molecule has 6 nitrogen and oxygen atoms in total. The normalized spacial score (nSPS) is 14.4. The Morgan fingerprint density at radius 2 is 0.794 bits per heavy atom. The van der Waals surface area contributed by atoms with E-state index in [-0.39, 0.29) is 35.5 Å². The maximum absolute atomic E-state index is 13.0. The number of thiol groups is 3. The predicted molar refractivity (Wildman–Crippen MR) is 148 cm³/mol. The maximum atomic E-state index is 13.0. The predicted octanol–water partition coefficient (Wildman–Crippen LogP) is 5.55. The van der Waals surface area contributed by atoms with E-state index in [9.17, 15) is 14.4 Å². The summed E-state index contributed by atoms with van der Waals surface area (Å²) in [6.45, 7) is 11.7. The van der Waals surface area contributed by atoms with Crippen LogP contribution in [0, 0.1) is 35.5 Å². The number of carbonyl (C=O) groups excluding carboxylic acids is 3. The molecule has 0 radical (unpaired) electrons. The van der Waals surface area contributed by atoms with E-state index in [4.69, 9.17) is 9.05 Å². The van der Waals surface area contributed by atoms with Gasteiger partial charge in [-0.15, -0.1) is 0 Å². The van der Waals surface area contributed by atoms with Crippen molar-refractivity contribution in [3.63, 3.8) is 0 Å². The molecule has 0 aliphatic heterocycles. The van der Waals surface area contributed by atoms with Crippen LogP contribution in [0.3, 0.4) is 0 Å². The zero-order chi connectivity index (χ0) is 26.3. The van der Waals surface area contributed by atoms with Gasteiger partial charge in [0.1, 0.15) is 0 Å². The molecule has 0 bridgehead atoms. The Labute approximate surface area is 232 Å². The molecule has 0 aromatic heterocycles. The average molecular weight is 648 g/mol. The van der Waals surface area contributed by atoms with Crippen LogP contribution in [-0.4, -0.2) is 56.6 Å². The number of carbonyl (C=O) groups is 3. The van der Waals surface area contributed by atoms with E-state index in [1.165, 1.54) is 0 Å². The van der Waals surface area contributed by atoms with Crippen molar-refractivity contribution in [2.24, 2.45) is 35.5 Å². The summed E-state index contributed by atoms with van der Waals surface area (Å²) in [5, 5.41) is 0. The fraction of sp³-hybridized carbons (Fsp3) is 0.875. The first kappa shape index (κ1) is 34.3. The number of hydrogen-bond donors (Lipinski definition) is 3. The monoisotopic (exact) mass is 646 g/mol. The van der Waals surface area contributed by atoms with Crippen LogP contribution >= 0.6 is 37.9 Å². The van der Waals surface area contributed by atoms with Crippen LogP contribution < -0.4 is 0 Å². The first-order chi connectivity index (χ1) is 16.0. The number of hydrogen-bond acceptors (Lipinski definition) is 9. The Bertz CT molecular complexity index is 522. The second kappa shape index (κ2) is 19.4. The first-order valence-electron chi connectivity index (χ1n) is 12.3. The van der Waals surface area contributed by atoms with Gasteiger partial charge in [0.2, 0.25) is 0 Å². The van der Waals surface area contributed by atoms with Gasteiger partial charge in [-0.3, -0.25) is 0 Å². The zero-order valence-corrected chi connectivity index (χ0v) is 26.8. The third-order valence-corrected chi connectivity index (χ3v) is 9.60. The van der Waals surface area contributed by atoms with Crippen molar-refractivity contribution < 1.29 is 23.4 Å². The van der Waals surface area contributed by atoms with Crippen molar-refractivity contribution in [2.75, 3.05) is 17.3 Å². The zero-order valence-electron chi connectivity index (χ0n) is 21.6. The van der Waals surface area contributed by atoms with E-state index >= 15 is 0 Å². The Morgan fingerprint density at radius 1 is 0.559 bits per heavy atom. The Morgan fingerprint density at radius 3 is 0.971 bits per heavy atom. The third-order valence-electron chi connectivity index (χ3n) is 5.84. The van der Waals surface area contributed by atoms with E-state index in [2.05, 4.69) is 37.9 Å². The molecule has 0 heterocycles. The molecule has 0 aliphatic carbocycles. The van der Waals surface area contributed by atoms with E-state index < -0.39 is 39.4 Å². The Balaban J connectivity index is 5.69. The molecule has 0 rings (SSSR count). The van der Waals surface area contributed by atoms with Gasteiger partial charge in [-0.1, -0.05) is 0 Å². The van der Waals surface area contributed by atoms with E-state index in [1.54, 1.807) is 0 Å². The summed E-state index contributed by atoms with van der Waals surface area (Å²) in [7, 11) is 0. The molecule has 0 fully saturated rings. The summed E-state index contributed by atoms with van der Waals surface area (Å²) in [4.78, 5) is 39.0. The minimum atomic E-state index is -3.95. The molecule has 3 unspecified atom stereocenters. The molecular weight excluding hydrogens is 602 g/mol. The summed E-state index contributed by atoms with van der Waals surface area (Å²) >= 11 is 8.77. The van der Waals surface area contributed by atoms with Crippen molar-refractivity contribution in [1.82, 2.24) is 0 Å². The summed E-state index contributed by atoms with van der Waals surface area (Å²) in [5.74, 6) is -0.398. The molecule has 0 amide bonds. The van der Waals surface area contributed by atoms with Crippen LogP contribution in [0.1, 0.15) is 80.1 Å². The van der Waals surface area contributed by atoms with Crippen molar-refractivity contribution in [2.45, 2.75) is 80.1 Å². The van der Waals surface area contributed by atoms with E-state index in [0.29, 0.717) is 36.5 Å². The van der Waals surface area contributed by atoms with E-state index in [0.717, 1.165) is 19.3 Å². The van der Waals surface area contributed by atoms with Gasteiger partial charge >= 0.3 is 234 Å². The standard InChI is InChI=1S/3C8H16O2S.Sb/c3*1-6(2)7(8(9)10)4-3-5-11;/h3*6-7,11H,3-5H2,1-2H3,(H,9,10);/q;;;+3/p-3. The molecule has 0 aliphatic rings. The van der Waals surface area contributed by atoms with Gasteiger partial charge in [-0.25, -0.2) is 0 Å². The molecule has 3 atom stereocenters. The number of rotatable bonds is 18. The fourth-order valence-corrected chi connectivity index (χ4v) is 6.87. The van der Waals surface area contributed by atoms with Crippen LogP contribution in [0.15, 0.2) is 0 Å². The molecule has 0 aromatic rings. The van der Waals surface area contributed by atoms with Gasteiger partial charge in [-0.05, 0) is 0 Å². The van der Waals surface area contributed by atoms with Crippen LogP contribution in [-0.2, 0) is 23.4 Å². The van der Waals surface area contributed by atoms with Gasteiger partial charge in [0.15, 0.2) is 0 Å². The van der Waals surface area contributed by atoms with Crippen LogP contribution in [0.4, 0.5) is 0 Å². The summed E-state index contributed by atoms with van der Waals surface area (Å²) < 4.78 is 17.1. The third kappa shape index (κ3) is 13.5. The average Bonchev–Trinajstić information content (AvgIpc) is 2.73. The summed E-state index contributed by atoms with van der Waals surface area (Å²) in [6.07, 6.45) is 4.12. The molecule has 0 saturated heterocycles. The van der Waals surface area contributed by atoms with Crippen molar-refractivity contribution >= 4 is 77.3 Å². The summed E-state index contributed by atoms with van der Waals surface area (Å²) in [5.41, 5.74) is 0. The van der Waals surface area contributed by atoms with Gasteiger partial charge in [0, 0.05) is 0 Å². The topological polar surface area (TPSA) is 78.9 Å². The molecular formula is C24H45O6S3Sb. The molecule has 0 N–H and O–H groups in total. The van der Waals surface area contributed by atoms with Crippen LogP contribution in [0.5, 0.6) is 0 Å². The SMILES string of the molecule is CC(C)C(CCCS)C(=O)[O][Sb]([O]C(=O)C(CCCS)C(C)C)[O]C(=O)C(CCCS)C(C)C. The Kier molecular flexibility index (Phi) is 19.6. The quantitative estimate of drug-likeness (QED) is 0.134. The second-order valence-electron chi connectivity index (χ2n) is 9.60. The van der Waals surface area contributed by atoms with Gasteiger partial charge < -0.3 is 0 Å². The van der Waals surface area contributed by atoms with Crippen molar-refractivity contribution in [1.29, 1.82) is 0 Å². The molecule has 10 heteroatoms. The second-order valence-corrected chi connectivity index (χ2v) is 13.8. The Hall–Kier alpha value is 0.278. The van der Waals surface area contributed by atoms with E-state index in [1.807, 2.05) is 41.5 Å². The van der Waals surface area contributed by atoms with Gasteiger partial charge in [0.25, 0.3) is 0 Å². The fourth-order valence-electron chi connectivity index (χ4n) is 3.58. The first-order valence-corrected chi connectivity index (χ1v) is 17.3. The molecule has 0 aromatic carbocycles. The molecule has 34 heavy (non-hydrogen) atoms. The van der Waals surface area contributed by atoms with Crippen LogP contribution in [0.2, 0.25) is 0 Å². The minimum absolute atomic E-state index is 0.0405. The molecule has 0 spiro atoms. The molecule has 200 valence electrons. The molecule has 0 saturated carbocycles. The van der Waals surface area contributed by atoms with Gasteiger partial charge in [0.05, 0.1) is 0 Å². The summed E-state index contributed by atoms with van der Waals surface area (Å²) in [6, 6.07) is 0.